The standard InChI is InChI=1S/C21H32N4O3/c1-16(18-10-7-6-8-11-18)23-24-17(2)22-20(26)15-14-19(25(3)4)12-9-13-21(27)28-5/h6-8,10-11,19H,9,12-15H2,1-5H3,(H,22,24,26)/b23-16+. The van der Waals surface area contributed by atoms with Crippen molar-refractivity contribution in [2.45, 2.75) is 52.0 Å². The molecule has 1 N–H and O–H groups in total. The number of hydrogen-bond donors (Lipinski definition) is 1. The highest BCUT2D eigenvalue weighted by Gasteiger charge is 2.14. The maximum Gasteiger partial charge on any atom is 0.305 e. The molecule has 0 saturated heterocycles. The Kier molecular flexibility index (Phi) is 10.7. The highest BCUT2D eigenvalue weighted by molar-refractivity contribution is 6.00. The zero-order valence-electron chi connectivity index (χ0n) is 17.6. The highest BCUT2D eigenvalue weighted by Crippen LogP contribution is 2.12. The Hall–Kier alpha value is -2.54. The Bertz CT molecular complexity index is 684. The van der Waals surface area contributed by atoms with Gasteiger partial charge in [0.25, 0.3) is 0 Å². The van der Waals surface area contributed by atoms with Crippen LogP contribution in [0.4, 0.5) is 0 Å². The largest absolute Gasteiger partial charge is 0.469 e. The van der Waals surface area contributed by atoms with Crippen LogP contribution in [0, 0.1) is 0 Å². The molecule has 0 radical (unpaired) electrons. The van der Waals surface area contributed by atoms with E-state index in [9.17, 15) is 9.59 Å². The first kappa shape index (κ1) is 23.5. The lowest BCUT2D eigenvalue weighted by Gasteiger charge is -2.24. The molecule has 1 aromatic carbocycles. The predicted octanol–water partition coefficient (Wildman–Crippen LogP) is 3.00. The van der Waals surface area contributed by atoms with Crippen molar-refractivity contribution in [3.63, 3.8) is 0 Å². The Morgan fingerprint density at radius 2 is 1.75 bits per heavy atom. The molecule has 7 nitrogen and oxygen atoms in total. The van der Waals surface area contributed by atoms with E-state index in [0.29, 0.717) is 25.1 Å². The molecule has 0 saturated carbocycles. The van der Waals surface area contributed by atoms with Gasteiger partial charge in [0.05, 0.1) is 12.8 Å². The first-order valence-corrected chi connectivity index (χ1v) is 9.50. The van der Waals surface area contributed by atoms with Crippen LogP contribution in [-0.2, 0) is 14.3 Å². The molecule has 1 aromatic rings. The molecular formula is C21H32N4O3. The molecule has 7 heteroatoms. The molecule has 1 amide bonds. The fourth-order valence-corrected chi connectivity index (χ4v) is 2.72. The fourth-order valence-electron chi connectivity index (χ4n) is 2.72. The van der Waals surface area contributed by atoms with Crippen molar-refractivity contribution in [1.82, 2.24) is 10.2 Å². The number of ether oxygens (including phenoxy) is 1. The van der Waals surface area contributed by atoms with Gasteiger partial charge in [0.1, 0.15) is 5.84 Å². The summed E-state index contributed by atoms with van der Waals surface area (Å²) in [6.07, 6.45) is 3.07. The van der Waals surface area contributed by atoms with Crippen LogP contribution in [0.1, 0.15) is 51.5 Å². The normalized spacial score (nSPS) is 13.4. The third-order valence-corrected chi connectivity index (χ3v) is 4.44. The van der Waals surface area contributed by atoms with Gasteiger partial charge in [-0.25, -0.2) is 0 Å². The zero-order valence-corrected chi connectivity index (χ0v) is 17.6. The smallest absolute Gasteiger partial charge is 0.305 e. The number of methoxy groups -OCH3 is 1. The first-order chi connectivity index (χ1) is 13.3. The van der Waals surface area contributed by atoms with Crippen molar-refractivity contribution >= 4 is 23.4 Å². The van der Waals surface area contributed by atoms with Crippen molar-refractivity contribution in [3.05, 3.63) is 35.9 Å². The molecule has 0 bridgehead atoms. The molecule has 0 aromatic heterocycles. The zero-order chi connectivity index (χ0) is 20.9. The maximum atomic E-state index is 12.2. The lowest BCUT2D eigenvalue weighted by atomic mass is 10.0. The third kappa shape index (κ3) is 9.41. The summed E-state index contributed by atoms with van der Waals surface area (Å²) >= 11 is 0. The molecule has 0 spiro atoms. The number of esters is 1. The Morgan fingerprint density at radius 1 is 1.07 bits per heavy atom. The van der Waals surface area contributed by atoms with Crippen LogP contribution in [0.15, 0.2) is 40.5 Å². The second kappa shape index (κ2) is 12.8. The number of benzene rings is 1. The van der Waals surface area contributed by atoms with E-state index in [1.807, 2.05) is 51.4 Å². The van der Waals surface area contributed by atoms with E-state index in [0.717, 1.165) is 24.1 Å². The van der Waals surface area contributed by atoms with E-state index >= 15 is 0 Å². The highest BCUT2D eigenvalue weighted by atomic mass is 16.5. The van der Waals surface area contributed by atoms with Crippen molar-refractivity contribution < 1.29 is 14.3 Å². The van der Waals surface area contributed by atoms with Crippen molar-refractivity contribution in [2.75, 3.05) is 21.2 Å². The summed E-state index contributed by atoms with van der Waals surface area (Å²) in [6.45, 7) is 3.60. The van der Waals surface area contributed by atoms with Crippen LogP contribution in [-0.4, -0.2) is 55.6 Å². The van der Waals surface area contributed by atoms with E-state index < -0.39 is 0 Å². The third-order valence-electron chi connectivity index (χ3n) is 4.44. The van der Waals surface area contributed by atoms with Gasteiger partial charge in [-0.2, -0.15) is 5.10 Å². The predicted molar refractivity (Wildman–Crippen MR) is 112 cm³/mol. The SMILES string of the molecule is COC(=O)CCCC(CCC(=O)N/C(C)=N/N=C(\C)c1ccccc1)N(C)C. The lowest BCUT2D eigenvalue weighted by molar-refractivity contribution is -0.140. The Morgan fingerprint density at radius 3 is 2.36 bits per heavy atom. The molecule has 0 heterocycles. The van der Waals surface area contributed by atoms with Crippen LogP contribution in [0.25, 0.3) is 0 Å². The van der Waals surface area contributed by atoms with Crippen molar-refractivity contribution in [1.29, 1.82) is 0 Å². The van der Waals surface area contributed by atoms with E-state index in [2.05, 4.69) is 25.2 Å². The summed E-state index contributed by atoms with van der Waals surface area (Å²) in [4.78, 5) is 25.5. The minimum atomic E-state index is -0.201. The first-order valence-electron chi connectivity index (χ1n) is 9.50. The second-order valence-electron chi connectivity index (χ2n) is 6.91. The van der Waals surface area contributed by atoms with E-state index in [4.69, 9.17) is 0 Å². The molecule has 0 aliphatic carbocycles. The number of amides is 1. The molecule has 1 unspecified atom stereocenters. The van der Waals surface area contributed by atoms with Crippen LogP contribution in [0.2, 0.25) is 0 Å². The van der Waals surface area contributed by atoms with Gasteiger partial charge in [0.15, 0.2) is 0 Å². The number of carbonyl (C=O) groups excluding carboxylic acids is 2. The van der Waals surface area contributed by atoms with Gasteiger partial charge in [-0.15, -0.1) is 5.10 Å². The molecule has 0 fully saturated rings. The number of nitrogens with zero attached hydrogens (tertiary/aromatic N) is 3. The summed E-state index contributed by atoms with van der Waals surface area (Å²) in [5.74, 6) is 0.175. The van der Waals surface area contributed by atoms with Gasteiger partial charge in [0, 0.05) is 18.9 Å². The molecule has 28 heavy (non-hydrogen) atoms. The van der Waals surface area contributed by atoms with Gasteiger partial charge in [-0.1, -0.05) is 30.3 Å². The van der Waals surface area contributed by atoms with E-state index in [1.54, 1.807) is 6.92 Å². The van der Waals surface area contributed by atoms with Crippen molar-refractivity contribution in [2.24, 2.45) is 10.2 Å². The van der Waals surface area contributed by atoms with Gasteiger partial charge < -0.3 is 15.0 Å². The Balaban J connectivity index is 2.47. The van der Waals surface area contributed by atoms with E-state index in [-0.39, 0.29) is 17.9 Å². The summed E-state index contributed by atoms with van der Waals surface area (Å²) in [5.41, 5.74) is 1.78. The van der Waals surface area contributed by atoms with Crippen LogP contribution in [0.3, 0.4) is 0 Å². The van der Waals surface area contributed by atoms with Gasteiger partial charge in [0.2, 0.25) is 5.91 Å². The fraction of sp³-hybridized carbons (Fsp3) is 0.524. The minimum Gasteiger partial charge on any atom is -0.469 e. The minimum absolute atomic E-state index is 0.0892. The van der Waals surface area contributed by atoms with Gasteiger partial charge >= 0.3 is 5.97 Å². The van der Waals surface area contributed by atoms with E-state index in [1.165, 1.54) is 7.11 Å². The summed E-state index contributed by atoms with van der Waals surface area (Å²) in [7, 11) is 5.36. The average molecular weight is 389 g/mol. The quantitative estimate of drug-likeness (QED) is 0.289. The summed E-state index contributed by atoms with van der Waals surface area (Å²) in [5, 5.41) is 11.0. The number of nitrogens with one attached hydrogen (secondary N) is 1. The van der Waals surface area contributed by atoms with Crippen LogP contribution in [0.5, 0.6) is 0 Å². The maximum absolute atomic E-state index is 12.2. The van der Waals surface area contributed by atoms with Gasteiger partial charge in [-0.3, -0.25) is 9.59 Å². The Labute approximate surface area is 167 Å². The summed E-state index contributed by atoms with van der Waals surface area (Å²) in [6, 6.07) is 9.99. The lowest BCUT2D eigenvalue weighted by Crippen LogP contribution is -2.32. The van der Waals surface area contributed by atoms with Crippen LogP contribution >= 0.6 is 0 Å². The molecule has 154 valence electrons. The molecule has 1 rings (SSSR count). The molecule has 0 aliphatic rings. The van der Waals surface area contributed by atoms with Crippen molar-refractivity contribution in [3.8, 4) is 0 Å². The number of carbonyl (C=O) groups is 2. The number of rotatable bonds is 10. The number of hydrogen-bond acceptors (Lipinski definition) is 6. The monoisotopic (exact) mass is 388 g/mol. The van der Waals surface area contributed by atoms with Crippen LogP contribution < -0.4 is 5.32 Å². The van der Waals surface area contributed by atoms with Gasteiger partial charge in [-0.05, 0) is 52.8 Å². The average Bonchev–Trinajstić information content (AvgIpc) is 2.68. The molecular weight excluding hydrogens is 356 g/mol. The molecule has 1 atom stereocenters. The summed E-state index contributed by atoms with van der Waals surface area (Å²) < 4.78 is 4.66. The topological polar surface area (TPSA) is 83.4 Å². The second-order valence-corrected chi connectivity index (χ2v) is 6.91. The number of amidine groups is 1. The molecule has 0 aliphatic heterocycles.